The number of nitriles is 2. The van der Waals surface area contributed by atoms with Crippen molar-refractivity contribution in [1.29, 1.82) is 10.5 Å². The van der Waals surface area contributed by atoms with Crippen molar-refractivity contribution in [2.24, 2.45) is 0 Å². The molecule has 2 N–H and O–H groups in total. The number of pyridine rings is 1. The van der Waals surface area contributed by atoms with E-state index in [1.54, 1.807) is 0 Å². The highest BCUT2D eigenvalue weighted by Gasteiger charge is 2.21. The summed E-state index contributed by atoms with van der Waals surface area (Å²) in [6.07, 6.45) is 7.31. The first-order valence-electron chi connectivity index (χ1n) is 9.25. The highest BCUT2D eigenvalue weighted by Crippen LogP contribution is 2.28. The van der Waals surface area contributed by atoms with E-state index in [9.17, 15) is 10.5 Å². The molecule has 1 aromatic rings. The summed E-state index contributed by atoms with van der Waals surface area (Å²) in [5.74, 6) is 0.534. The molecule has 6 nitrogen and oxygen atoms in total. The second kappa shape index (κ2) is 8.80. The van der Waals surface area contributed by atoms with Crippen LogP contribution in [0.4, 0.5) is 5.82 Å². The van der Waals surface area contributed by atoms with E-state index in [1.165, 1.54) is 12.8 Å². The van der Waals surface area contributed by atoms with E-state index in [-0.39, 0.29) is 6.10 Å². The molecule has 0 amide bonds. The quantitative estimate of drug-likeness (QED) is 0.877. The van der Waals surface area contributed by atoms with Crippen LogP contribution in [0.1, 0.15) is 54.5 Å². The van der Waals surface area contributed by atoms with Gasteiger partial charge >= 0.3 is 0 Å². The molecule has 1 atom stereocenters. The van der Waals surface area contributed by atoms with Crippen molar-refractivity contribution in [1.82, 2.24) is 10.3 Å². The minimum atomic E-state index is 0.0448. The lowest BCUT2D eigenvalue weighted by molar-refractivity contribution is 0.0761. The highest BCUT2D eigenvalue weighted by atomic mass is 16.5. The zero-order chi connectivity index (χ0) is 17.5. The van der Waals surface area contributed by atoms with Crippen molar-refractivity contribution < 1.29 is 4.74 Å². The van der Waals surface area contributed by atoms with Gasteiger partial charge in [-0.25, -0.2) is 4.98 Å². The van der Waals surface area contributed by atoms with Gasteiger partial charge in [0.2, 0.25) is 0 Å². The van der Waals surface area contributed by atoms with Crippen molar-refractivity contribution in [2.45, 2.75) is 51.0 Å². The maximum absolute atomic E-state index is 9.65. The summed E-state index contributed by atoms with van der Waals surface area (Å²) in [5.41, 5.74) is 2.86. The second-order valence-corrected chi connectivity index (χ2v) is 6.70. The Balaban J connectivity index is 1.86. The molecule has 25 heavy (non-hydrogen) atoms. The molecule has 1 aromatic heterocycles. The number of hydrogen-bond acceptors (Lipinski definition) is 6. The SMILES string of the molecule is N#Cc1c(NCC2CNCCCO2)nc2c(c1C#N)CCCCCC2. The molecule has 0 radical (unpaired) electrons. The monoisotopic (exact) mass is 339 g/mol. The molecule has 0 bridgehead atoms. The molecule has 132 valence electrons. The highest BCUT2D eigenvalue weighted by molar-refractivity contribution is 5.64. The molecule has 1 fully saturated rings. The molecule has 1 saturated heterocycles. The lowest BCUT2D eigenvalue weighted by Crippen LogP contribution is -2.32. The van der Waals surface area contributed by atoms with Crippen molar-refractivity contribution in [3.8, 4) is 12.1 Å². The molecular formula is C19H25N5O. The van der Waals surface area contributed by atoms with Gasteiger partial charge in [-0.15, -0.1) is 0 Å². The zero-order valence-corrected chi connectivity index (χ0v) is 14.6. The van der Waals surface area contributed by atoms with Crippen LogP contribution in [0.25, 0.3) is 0 Å². The van der Waals surface area contributed by atoms with Gasteiger partial charge in [-0.1, -0.05) is 12.8 Å². The summed E-state index contributed by atoms with van der Waals surface area (Å²) in [7, 11) is 0. The minimum absolute atomic E-state index is 0.0448. The third kappa shape index (κ3) is 4.28. The van der Waals surface area contributed by atoms with Gasteiger partial charge in [-0.3, -0.25) is 0 Å². The standard InChI is InChI=1S/C19H25N5O/c20-10-16-15-6-3-1-2-4-7-18(15)24-19(17(16)11-21)23-13-14-12-22-8-5-9-25-14/h14,22H,1-9,12-13H2,(H,23,24). The molecule has 2 heterocycles. The molecule has 0 spiro atoms. The van der Waals surface area contributed by atoms with Gasteiger partial charge in [0.15, 0.2) is 0 Å². The van der Waals surface area contributed by atoms with E-state index >= 15 is 0 Å². The number of aromatic nitrogens is 1. The number of rotatable bonds is 3. The van der Waals surface area contributed by atoms with Gasteiger partial charge in [0.25, 0.3) is 0 Å². The van der Waals surface area contributed by atoms with Crippen molar-refractivity contribution in [2.75, 3.05) is 31.6 Å². The Kier molecular flexibility index (Phi) is 6.22. The molecule has 6 heteroatoms. The van der Waals surface area contributed by atoms with Gasteiger partial charge in [-0.2, -0.15) is 10.5 Å². The first-order chi connectivity index (χ1) is 12.3. The number of hydrogen-bond donors (Lipinski definition) is 2. The summed E-state index contributed by atoms with van der Waals surface area (Å²) in [6.45, 7) is 3.07. The van der Waals surface area contributed by atoms with E-state index in [1.807, 2.05) is 0 Å². The van der Waals surface area contributed by atoms with Crippen LogP contribution in [0.3, 0.4) is 0 Å². The van der Waals surface area contributed by atoms with Gasteiger partial charge in [0, 0.05) is 25.4 Å². The van der Waals surface area contributed by atoms with Gasteiger partial charge in [0.05, 0.1) is 11.7 Å². The normalized spacial score (nSPS) is 21.0. The lowest BCUT2D eigenvalue weighted by Gasteiger charge is -2.20. The van der Waals surface area contributed by atoms with Crippen LogP contribution in [-0.2, 0) is 17.6 Å². The minimum Gasteiger partial charge on any atom is -0.375 e. The maximum Gasteiger partial charge on any atom is 0.145 e. The van der Waals surface area contributed by atoms with Crippen LogP contribution in [0.2, 0.25) is 0 Å². The van der Waals surface area contributed by atoms with Gasteiger partial charge < -0.3 is 15.4 Å². The second-order valence-electron chi connectivity index (χ2n) is 6.70. The summed E-state index contributed by atoms with van der Waals surface area (Å²) in [4.78, 5) is 4.74. The Morgan fingerprint density at radius 3 is 2.68 bits per heavy atom. The Hall–Kier alpha value is -2.15. The van der Waals surface area contributed by atoms with Crippen LogP contribution < -0.4 is 10.6 Å². The Morgan fingerprint density at radius 2 is 1.88 bits per heavy atom. The molecule has 2 aliphatic rings. The fourth-order valence-electron chi connectivity index (χ4n) is 3.57. The molecule has 0 aromatic carbocycles. The number of aryl methyl sites for hydroxylation is 1. The predicted octanol–water partition coefficient (Wildman–Crippen LogP) is 2.27. The number of anilines is 1. The molecular weight excluding hydrogens is 314 g/mol. The predicted molar refractivity (Wildman–Crippen MR) is 95.3 cm³/mol. The van der Waals surface area contributed by atoms with Crippen LogP contribution in [-0.4, -0.2) is 37.3 Å². The summed E-state index contributed by atoms with van der Waals surface area (Å²) < 4.78 is 5.80. The van der Waals surface area contributed by atoms with E-state index in [0.717, 1.165) is 63.1 Å². The van der Waals surface area contributed by atoms with E-state index in [0.29, 0.717) is 23.5 Å². The molecule has 3 rings (SSSR count). The van der Waals surface area contributed by atoms with Gasteiger partial charge in [0.1, 0.15) is 23.5 Å². The van der Waals surface area contributed by atoms with Crippen molar-refractivity contribution >= 4 is 5.82 Å². The van der Waals surface area contributed by atoms with Gasteiger partial charge in [-0.05, 0) is 44.2 Å². The van der Waals surface area contributed by atoms with E-state index in [4.69, 9.17) is 9.72 Å². The molecule has 1 aliphatic carbocycles. The largest absolute Gasteiger partial charge is 0.375 e. The Labute approximate surface area is 149 Å². The molecule has 1 aliphatic heterocycles. The third-order valence-corrected chi connectivity index (χ3v) is 4.92. The van der Waals surface area contributed by atoms with Crippen LogP contribution in [0.15, 0.2) is 0 Å². The van der Waals surface area contributed by atoms with Crippen molar-refractivity contribution in [3.63, 3.8) is 0 Å². The van der Waals surface area contributed by atoms with Crippen molar-refractivity contribution in [3.05, 3.63) is 22.4 Å². The average Bonchev–Trinajstić information content (AvgIpc) is 2.88. The first kappa shape index (κ1) is 17.7. The van der Waals surface area contributed by atoms with Crippen LogP contribution >= 0.6 is 0 Å². The third-order valence-electron chi connectivity index (χ3n) is 4.92. The fraction of sp³-hybridized carbons (Fsp3) is 0.632. The Bertz CT molecular complexity index is 681. The topological polar surface area (TPSA) is 93.8 Å². The number of nitrogens with zero attached hydrogens (tertiary/aromatic N) is 3. The van der Waals surface area contributed by atoms with Crippen LogP contribution in [0, 0.1) is 22.7 Å². The number of fused-ring (bicyclic) bond motifs is 1. The number of nitrogens with one attached hydrogen (secondary N) is 2. The summed E-state index contributed by atoms with van der Waals surface area (Å²) >= 11 is 0. The first-order valence-corrected chi connectivity index (χ1v) is 9.25. The summed E-state index contributed by atoms with van der Waals surface area (Å²) in [6, 6.07) is 4.46. The molecule has 1 unspecified atom stereocenters. The smallest absolute Gasteiger partial charge is 0.145 e. The number of ether oxygens (including phenoxy) is 1. The lowest BCUT2D eigenvalue weighted by atomic mass is 9.91. The summed E-state index contributed by atoms with van der Waals surface area (Å²) in [5, 5.41) is 25.9. The zero-order valence-electron chi connectivity index (χ0n) is 14.6. The van der Waals surface area contributed by atoms with E-state index < -0.39 is 0 Å². The maximum atomic E-state index is 9.65. The van der Waals surface area contributed by atoms with E-state index in [2.05, 4.69) is 22.8 Å². The molecule has 0 saturated carbocycles. The van der Waals surface area contributed by atoms with Crippen LogP contribution in [0.5, 0.6) is 0 Å². The fourth-order valence-corrected chi connectivity index (χ4v) is 3.57. The Morgan fingerprint density at radius 1 is 1.08 bits per heavy atom. The average molecular weight is 339 g/mol.